The molecule has 2 aromatic heterocycles. The number of carbonyl (C=O) groups excluding carboxylic acids is 1. The minimum atomic E-state index is -0.0701. The summed E-state index contributed by atoms with van der Waals surface area (Å²) in [4.78, 5) is 18.7. The molecule has 24 heavy (non-hydrogen) atoms. The van der Waals surface area contributed by atoms with Crippen LogP contribution in [-0.4, -0.2) is 38.4 Å². The third-order valence-corrected chi connectivity index (χ3v) is 3.96. The summed E-state index contributed by atoms with van der Waals surface area (Å²) in [5, 5.41) is 9.86. The molecule has 0 aliphatic rings. The van der Waals surface area contributed by atoms with Crippen molar-refractivity contribution in [3.05, 3.63) is 71.1 Å². The Kier molecular flexibility index (Phi) is 5.13. The average molecular weight is 344 g/mol. The zero-order valence-electron chi connectivity index (χ0n) is 13.1. The van der Waals surface area contributed by atoms with Gasteiger partial charge in [0.25, 0.3) is 0 Å². The second-order valence-corrected chi connectivity index (χ2v) is 5.98. The van der Waals surface area contributed by atoms with Crippen LogP contribution in [0, 0.1) is 0 Å². The van der Waals surface area contributed by atoms with E-state index in [-0.39, 0.29) is 18.9 Å². The van der Waals surface area contributed by atoms with Crippen LogP contribution in [0.15, 0.2) is 54.9 Å². The van der Waals surface area contributed by atoms with Crippen LogP contribution in [-0.2, 0) is 17.8 Å². The summed E-state index contributed by atoms with van der Waals surface area (Å²) in [6, 6.07) is 13.3. The van der Waals surface area contributed by atoms with Gasteiger partial charge in [-0.2, -0.15) is 0 Å². The van der Waals surface area contributed by atoms with Gasteiger partial charge in [-0.25, -0.2) is 4.98 Å². The van der Waals surface area contributed by atoms with Gasteiger partial charge in [-0.15, -0.1) is 0 Å². The molecule has 0 saturated heterocycles. The molecule has 0 radical (unpaired) electrons. The highest BCUT2D eigenvalue weighted by molar-refractivity contribution is 6.30. The fourth-order valence-electron chi connectivity index (χ4n) is 2.59. The number of rotatable bonds is 6. The van der Waals surface area contributed by atoms with Crippen molar-refractivity contribution in [3.8, 4) is 0 Å². The number of aliphatic hydroxyl groups is 1. The number of aliphatic hydroxyl groups excluding tert-OH is 1. The average Bonchev–Trinajstić information content (AvgIpc) is 2.96. The van der Waals surface area contributed by atoms with Crippen molar-refractivity contribution < 1.29 is 9.90 Å². The molecule has 0 atom stereocenters. The first-order valence-corrected chi connectivity index (χ1v) is 8.09. The zero-order valence-corrected chi connectivity index (χ0v) is 13.9. The van der Waals surface area contributed by atoms with Crippen molar-refractivity contribution in [2.45, 2.75) is 13.0 Å². The van der Waals surface area contributed by atoms with Gasteiger partial charge in [0.2, 0.25) is 5.91 Å². The SMILES string of the molecule is O=C(Cc1cn2cc(Cl)ccc2n1)N(CCO)Cc1ccccc1. The van der Waals surface area contributed by atoms with Crippen LogP contribution in [0.2, 0.25) is 5.02 Å². The second-order valence-electron chi connectivity index (χ2n) is 5.55. The van der Waals surface area contributed by atoms with E-state index in [2.05, 4.69) is 4.98 Å². The van der Waals surface area contributed by atoms with Gasteiger partial charge in [0, 0.05) is 25.5 Å². The third kappa shape index (κ3) is 3.93. The number of hydrogen-bond acceptors (Lipinski definition) is 3. The number of nitrogens with zero attached hydrogens (tertiary/aromatic N) is 3. The van der Waals surface area contributed by atoms with Gasteiger partial charge in [0.05, 0.1) is 23.7 Å². The Morgan fingerprint density at radius 1 is 1.17 bits per heavy atom. The van der Waals surface area contributed by atoms with E-state index in [1.807, 2.05) is 36.4 Å². The van der Waals surface area contributed by atoms with E-state index in [4.69, 9.17) is 11.6 Å². The first-order valence-electron chi connectivity index (χ1n) is 7.71. The van der Waals surface area contributed by atoms with Crippen molar-refractivity contribution in [1.29, 1.82) is 0 Å². The van der Waals surface area contributed by atoms with Crippen LogP contribution in [0.5, 0.6) is 0 Å². The summed E-state index contributed by atoms with van der Waals surface area (Å²) >= 11 is 5.96. The van der Waals surface area contributed by atoms with Crippen LogP contribution in [0.1, 0.15) is 11.3 Å². The molecule has 0 aliphatic heterocycles. The highest BCUT2D eigenvalue weighted by Crippen LogP contribution is 2.13. The molecule has 0 aliphatic carbocycles. The molecular weight excluding hydrogens is 326 g/mol. The molecule has 2 heterocycles. The van der Waals surface area contributed by atoms with E-state index in [0.717, 1.165) is 11.2 Å². The van der Waals surface area contributed by atoms with Gasteiger partial charge < -0.3 is 14.4 Å². The van der Waals surface area contributed by atoms with Crippen molar-refractivity contribution >= 4 is 23.2 Å². The molecule has 0 bridgehead atoms. The Hall–Kier alpha value is -2.37. The van der Waals surface area contributed by atoms with Gasteiger partial charge in [-0.1, -0.05) is 41.9 Å². The molecule has 0 unspecified atom stereocenters. The van der Waals surface area contributed by atoms with Crippen molar-refractivity contribution in [2.24, 2.45) is 0 Å². The maximum Gasteiger partial charge on any atom is 0.229 e. The Labute approximate surface area is 145 Å². The number of amides is 1. The lowest BCUT2D eigenvalue weighted by molar-refractivity contribution is -0.131. The van der Waals surface area contributed by atoms with E-state index in [1.54, 1.807) is 27.8 Å². The lowest BCUT2D eigenvalue weighted by Crippen LogP contribution is -2.34. The predicted octanol–water partition coefficient (Wildman–Crippen LogP) is 2.55. The highest BCUT2D eigenvalue weighted by atomic mass is 35.5. The van der Waals surface area contributed by atoms with Crippen LogP contribution in [0.4, 0.5) is 0 Å². The standard InChI is InChI=1S/C18H18ClN3O2/c19-15-6-7-17-20-16(13-22(17)12-15)10-18(24)21(8-9-23)11-14-4-2-1-3-5-14/h1-7,12-13,23H,8-11H2. The molecule has 0 spiro atoms. The fourth-order valence-corrected chi connectivity index (χ4v) is 2.75. The number of carbonyl (C=O) groups is 1. The van der Waals surface area contributed by atoms with Crippen molar-refractivity contribution in [3.63, 3.8) is 0 Å². The Morgan fingerprint density at radius 2 is 1.96 bits per heavy atom. The number of benzene rings is 1. The van der Waals surface area contributed by atoms with Gasteiger partial charge >= 0.3 is 0 Å². The molecule has 5 nitrogen and oxygen atoms in total. The smallest absolute Gasteiger partial charge is 0.229 e. The van der Waals surface area contributed by atoms with Gasteiger partial charge in [0.15, 0.2) is 0 Å². The van der Waals surface area contributed by atoms with E-state index in [9.17, 15) is 9.90 Å². The Balaban J connectivity index is 1.74. The van der Waals surface area contributed by atoms with E-state index < -0.39 is 0 Å². The number of imidazole rings is 1. The molecule has 1 amide bonds. The summed E-state index contributed by atoms with van der Waals surface area (Å²) in [6.07, 6.45) is 3.75. The van der Waals surface area contributed by atoms with Crippen LogP contribution in [0.25, 0.3) is 5.65 Å². The molecule has 0 fully saturated rings. The molecule has 3 aromatic rings. The monoisotopic (exact) mass is 343 g/mol. The maximum absolute atomic E-state index is 12.6. The second kappa shape index (κ2) is 7.47. The minimum absolute atomic E-state index is 0.0672. The number of halogens is 1. The topological polar surface area (TPSA) is 57.8 Å². The molecule has 1 aromatic carbocycles. The number of pyridine rings is 1. The van der Waals surface area contributed by atoms with E-state index in [0.29, 0.717) is 23.8 Å². The summed E-state index contributed by atoms with van der Waals surface area (Å²) in [5.74, 6) is -0.0672. The third-order valence-electron chi connectivity index (χ3n) is 3.74. The number of fused-ring (bicyclic) bond motifs is 1. The quantitative estimate of drug-likeness (QED) is 0.748. The Bertz CT molecular complexity index is 833. The molecule has 1 N–H and O–H groups in total. The van der Waals surface area contributed by atoms with Gasteiger partial charge in [-0.3, -0.25) is 4.79 Å². The van der Waals surface area contributed by atoms with E-state index >= 15 is 0 Å². The molecular formula is C18H18ClN3O2. The maximum atomic E-state index is 12.6. The minimum Gasteiger partial charge on any atom is -0.395 e. The molecule has 3 rings (SSSR count). The summed E-state index contributed by atoms with van der Waals surface area (Å²) in [6.45, 7) is 0.700. The molecule has 124 valence electrons. The lowest BCUT2D eigenvalue weighted by atomic mass is 10.2. The molecule has 0 saturated carbocycles. The Morgan fingerprint density at radius 3 is 2.71 bits per heavy atom. The fraction of sp³-hybridized carbons (Fsp3) is 0.222. The number of hydrogen-bond donors (Lipinski definition) is 1. The summed E-state index contributed by atoms with van der Waals surface area (Å²) in [7, 11) is 0. The summed E-state index contributed by atoms with van der Waals surface area (Å²) in [5.41, 5.74) is 2.46. The van der Waals surface area contributed by atoms with Crippen LogP contribution < -0.4 is 0 Å². The first kappa shape index (κ1) is 16.5. The first-order chi connectivity index (χ1) is 11.7. The molecule has 6 heteroatoms. The van der Waals surface area contributed by atoms with Crippen LogP contribution in [0.3, 0.4) is 0 Å². The normalized spacial score (nSPS) is 10.9. The summed E-state index contributed by atoms with van der Waals surface area (Å²) < 4.78 is 1.80. The zero-order chi connectivity index (χ0) is 16.9. The van der Waals surface area contributed by atoms with Gasteiger partial charge in [-0.05, 0) is 17.7 Å². The highest BCUT2D eigenvalue weighted by Gasteiger charge is 2.16. The van der Waals surface area contributed by atoms with Crippen molar-refractivity contribution in [2.75, 3.05) is 13.2 Å². The predicted molar refractivity (Wildman–Crippen MR) is 92.9 cm³/mol. The van der Waals surface area contributed by atoms with E-state index in [1.165, 1.54) is 0 Å². The largest absolute Gasteiger partial charge is 0.395 e. The van der Waals surface area contributed by atoms with Crippen molar-refractivity contribution in [1.82, 2.24) is 14.3 Å². The lowest BCUT2D eigenvalue weighted by Gasteiger charge is -2.21. The van der Waals surface area contributed by atoms with Crippen LogP contribution >= 0.6 is 11.6 Å². The van der Waals surface area contributed by atoms with Gasteiger partial charge in [0.1, 0.15) is 5.65 Å². The number of aromatic nitrogens is 2.